The number of hydrogen-bond donors (Lipinski definition) is 0. The normalized spacial score (nSPS) is 18.4. The van der Waals surface area contributed by atoms with Crippen molar-refractivity contribution in [2.24, 2.45) is 0 Å². The van der Waals surface area contributed by atoms with Gasteiger partial charge < -0.3 is 9.47 Å². The third-order valence-electron chi connectivity index (χ3n) is 5.37. The number of rotatable bonds is 5. The Labute approximate surface area is 171 Å². The molecule has 0 saturated carbocycles. The van der Waals surface area contributed by atoms with Gasteiger partial charge in [-0.2, -0.15) is 5.10 Å². The molecule has 28 heavy (non-hydrogen) atoms. The van der Waals surface area contributed by atoms with E-state index in [0.29, 0.717) is 12.7 Å². The summed E-state index contributed by atoms with van der Waals surface area (Å²) in [4.78, 5) is 8.99. The van der Waals surface area contributed by atoms with Crippen molar-refractivity contribution < 1.29 is 0 Å². The van der Waals surface area contributed by atoms with Crippen molar-refractivity contribution in [2.75, 3.05) is 26.7 Å². The van der Waals surface area contributed by atoms with Crippen LogP contribution in [0, 0.1) is 4.77 Å². The predicted molar refractivity (Wildman–Crippen MR) is 113 cm³/mol. The summed E-state index contributed by atoms with van der Waals surface area (Å²) in [5.41, 5.74) is 2.38. The van der Waals surface area contributed by atoms with Crippen LogP contribution in [0.25, 0.3) is 11.4 Å². The van der Waals surface area contributed by atoms with Gasteiger partial charge in [-0.25, -0.2) is 4.68 Å². The molecule has 3 heterocycles. The fourth-order valence-corrected chi connectivity index (χ4v) is 4.14. The summed E-state index contributed by atoms with van der Waals surface area (Å²) in [5.74, 6) is 0.903. The van der Waals surface area contributed by atoms with Crippen molar-refractivity contribution in [3.63, 3.8) is 0 Å². The minimum atomic E-state index is 0.331. The highest BCUT2D eigenvalue weighted by molar-refractivity contribution is 7.71. The largest absolute Gasteiger partial charge is 0.303 e. The molecule has 0 amide bonds. The van der Waals surface area contributed by atoms with Gasteiger partial charge in [0.25, 0.3) is 0 Å². The quantitative estimate of drug-likeness (QED) is 0.620. The monoisotopic (exact) mass is 394 g/mol. The van der Waals surface area contributed by atoms with Crippen LogP contribution in [0.3, 0.4) is 0 Å². The molecule has 1 saturated heterocycles. The van der Waals surface area contributed by atoms with E-state index in [4.69, 9.17) is 17.3 Å². The first-order valence-electron chi connectivity index (χ1n) is 9.73. The molecule has 0 aliphatic carbocycles. The molecule has 6 nitrogen and oxygen atoms in total. The van der Waals surface area contributed by atoms with Gasteiger partial charge in [0, 0.05) is 50.2 Å². The van der Waals surface area contributed by atoms with E-state index in [1.807, 2.05) is 16.8 Å². The van der Waals surface area contributed by atoms with E-state index in [-0.39, 0.29) is 0 Å². The lowest BCUT2D eigenvalue weighted by atomic mass is 10.0. The summed E-state index contributed by atoms with van der Waals surface area (Å²) in [5, 5.41) is 4.88. The molecular formula is C21H26N6S. The second-order valence-electron chi connectivity index (χ2n) is 7.23. The average Bonchev–Trinajstić information content (AvgIpc) is 3.06. The molecule has 1 aliphatic rings. The third kappa shape index (κ3) is 3.78. The van der Waals surface area contributed by atoms with Crippen molar-refractivity contribution in [1.82, 2.24) is 29.1 Å². The molecule has 0 unspecified atom stereocenters. The van der Waals surface area contributed by atoms with Crippen LogP contribution in [0.2, 0.25) is 0 Å². The van der Waals surface area contributed by atoms with Crippen LogP contribution < -0.4 is 0 Å². The molecule has 1 atom stereocenters. The summed E-state index contributed by atoms with van der Waals surface area (Å²) in [6.07, 6.45) is 3.59. The van der Waals surface area contributed by atoms with Gasteiger partial charge in [-0.05, 0) is 43.9 Å². The standard InChI is InChI=1S/C21H26N6S/c1-3-26-20(18-9-11-22-12-10-18)23-27(21(26)28)16-25-14-13-24(2)15-19(25)17-7-5-4-6-8-17/h4-12,19H,3,13-16H2,1-2H3/t19-/m1/s1. The Morgan fingerprint density at radius 1 is 1.07 bits per heavy atom. The van der Waals surface area contributed by atoms with Crippen LogP contribution in [0.5, 0.6) is 0 Å². The minimum Gasteiger partial charge on any atom is -0.303 e. The number of piperazine rings is 1. The van der Waals surface area contributed by atoms with Crippen molar-refractivity contribution in [3.05, 3.63) is 65.2 Å². The summed E-state index contributed by atoms with van der Waals surface area (Å²) in [7, 11) is 2.19. The number of pyridine rings is 1. The van der Waals surface area contributed by atoms with Crippen LogP contribution in [0.15, 0.2) is 54.9 Å². The Bertz CT molecular complexity index is 966. The molecular weight excluding hydrogens is 368 g/mol. The van der Waals surface area contributed by atoms with Gasteiger partial charge in [-0.1, -0.05) is 30.3 Å². The van der Waals surface area contributed by atoms with Crippen LogP contribution in [0.1, 0.15) is 18.5 Å². The zero-order chi connectivity index (χ0) is 19.5. The topological polar surface area (TPSA) is 42.1 Å². The summed E-state index contributed by atoms with van der Waals surface area (Å²) in [6.45, 7) is 6.63. The summed E-state index contributed by atoms with van der Waals surface area (Å²) >= 11 is 5.77. The Balaban J connectivity index is 1.66. The number of aromatic nitrogens is 4. The van der Waals surface area contributed by atoms with Gasteiger partial charge in [0.1, 0.15) is 0 Å². The van der Waals surface area contributed by atoms with Gasteiger partial charge >= 0.3 is 0 Å². The zero-order valence-electron chi connectivity index (χ0n) is 16.4. The van der Waals surface area contributed by atoms with Crippen LogP contribution in [-0.4, -0.2) is 55.8 Å². The Hall–Kier alpha value is -2.35. The number of hydrogen-bond acceptors (Lipinski definition) is 5. The minimum absolute atomic E-state index is 0.331. The van der Waals surface area contributed by atoms with E-state index in [9.17, 15) is 0 Å². The SMILES string of the molecule is CCn1c(-c2ccncc2)nn(CN2CCN(C)C[C@@H]2c2ccccc2)c1=S. The first-order valence-corrected chi connectivity index (χ1v) is 10.1. The Kier molecular flexibility index (Phi) is 5.66. The highest BCUT2D eigenvalue weighted by Gasteiger charge is 2.27. The first-order chi connectivity index (χ1) is 13.7. The third-order valence-corrected chi connectivity index (χ3v) is 5.80. The molecule has 2 aromatic heterocycles. The fraction of sp³-hybridized carbons (Fsp3) is 0.381. The average molecular weight is 395 g/mol. The molecule has 0 radical (unpaired) electrons. The fourth-order valence-electron chi connectivity index (χ4n) is 3.82. The van der Waals surface area contributed by atoms with Gasteiger partial charge in [0.2, 0.25) is 0 Å². The second-order valence-corrected chi connectivity index (χ2v) is 7.59. The first kappa shape index (κ1) is 19.0. The lowest BCUT2D eigenvalue weighted by Gasteiger charge is -2.40. The molecule has 7 heteroatoms. The number of nitrogens with zero attached hydrogens (tertiary/aromatic N) is 6. The predicted octanol–water partition coefficient (Wildman–Crippen LogP) is 3.44. The number of likely N-dealkylation sites (N-methyl/N-ethyl adjacent to an activating group) is 1. The Morgan fingerprint density at radius 2 is 1.82 bits per heavy atom. The van der Waals surface area contributed by atoms with Crippen molar-refractivity contribution in [2.45, 2.75) is 26.2 Å². The molecule has 3 aromatic rings. The Morgan fingerprint density at radius 3 is 2.54 bits per heavy atom. The molecule has 0 N–H and O–H groups in total. The maximum Gasteiger partial charge on any atom is 0.199 e. The number of benzene rings is 1. The van der Waals surface area contributed by atoms with E-state index >= 15 is 0 Å². The van der Waals surface area contributed by atoms with Crippen LogP contribution in [0.4, 0.5) is 0 Å². The second kappa shape index (κ2) is 8.34. The highest BCUT2D eigenvalue weighted by Crippen LogP contribution is 2.26. The van der Waals surface area contributed by atoms with E-state index in [0.717, 1.165) is 42.3 Å². The molecule has 1 aromatic carbocycles. The highest BCUT2D eigenvalue weighted by atomic mass is 32.1. The van der Waals surface area contributed by atoms with Crippen LogP contribution >= 0.6 is 12.2 Å². The van der Waals surface area contributed by atoms with Gasteiger partial charge in [-0.15, -0.1) is 0 Å². The molecule has 4 rings (SSSR count). The van der Waals surface area contributed by atoms with Crippen LogP contribution in [-0.2, 0) is 13.2 Å². The molecule has 146 valence electrons. The molecule has 0 bridgehead atoms. The van der Waals surface area contributed by atoms with Crippen molar-refractivity contribution >= 4 is 12.2 Å². The van der Waals surface area contributed by atoms with Crippen molar-refractivity contribution in [1.29, 1.82) is 0 Å². The van der Waals surface area contributed by atoms with E-state index in [1.54, 1.807) is 12.4 Å². The van der Waals surface area contributed by atoms with E-state index in [1.165, 1.54) is 5.56 Å². The summed E-state index contributed by atoms with van der Waals surface area (Å²) < 4.78 is 4.83. The summed E-state index contributed by atoms with van der Waals surface area (Å²) in [6, 6.07) is 15.0. The maximum atomic E-state index is 5.77. The molecule has 1 aliphatic heterocycles. The lowest BCUT2D eigenvalue weighted by molar-refractivity contribution is 0.0582. The van der Waals surface area contributed by atoms with Gasteiger partial charge in [-0.3, -0.25) is 9.88 Å². The molecule has 1 fully saturated rings. The zero-order valence-corrected chi connectivity index (χ0v) is 17.2. The maximum absolute atomic E-state index is 5.77. The van der Waals surface area contributed by atoms with Gasteiger partial charge in [0.05, 0.1) is 6.67 Å². The molecule has 0 spiro atoms. The smallest absolute Gasteiger partial charge is 0.199 e. The van der Waals surface area contributed by atoms with E-state index < -0.39 is 0 Å². The lowest BCUT2D eigenvalue weighted by Crippen LogP contribution is -2.47. The van der Waals surface area contributed by atoms with Crippen molar-refractivity contribution in [3.8, 4) is 11.4 Å². The van der Waals surface area contributed by atoms with E-state index in [2.05, 4.69) is 63.7 Å². The van der Waals surface area contributed by atoms with Gasteiger partial charge in [0.15, 0.2) is 10.6 Å².